The van der Waals surface area contributed by atoms with Crippen LogP contribution in [0.5, 0.6) is 0 Å². The summed E-state index contributed by atoms with van der Waals surface area (Å²) in [6, 6.07) is 6.14. The van der Waals surface area contributed by atoms with E-state index in [0.29, 0.717) is 11.7 Å². The van der Waals surface area contributed by atoms with Crippen LogP contribution < -0.4 is 11.1 Å². The van der Waals surface area contributed by atoms with E-state index >= 15 is 0 Å². The van der Waals surface area contributed by atoms with E-state index in [4.69, 9.17) is 5.73 Å². The Hall–Kier alpha value is -0.680. The lowest BCUT2D eigenvalue weighted by atomic mass is 10.3. The van der Waals surface area contributed by atoms with Crippen LogP contribution in [0.2, 0.25) is 0 Å². The Labute approximate surface area is 114 Å². The van der Waals surface area contributed by atoms with Crippen LogP contribution in [0.1, 0.15) is 19.8 Å². The van der Waals surface area contributed by atoms with Gasteiger partial charge in [-0.15, -0.1) is 11.8 Å². The second kappa shape index (κ2) is 5.31. The van der Waals surface area contributed by atoms with Crippen molar-refractivity contribution in [1.82, 2.24) is 5.32 Å². The second-order valence-corrected chi connectivity index (χ2v) is 6.52. The van der Waals surface area contributed by atoms with Crippen LogP contribution >= 0.6 is 27.7 Å². The Kier molecular flexibility index (Phi) is 3.99. The molecule has 17 heavy (non-hydrogen) atoms. The fraction of sp³-hybridized carbons (Fsp3) is 0.417. The molecule has 1 unspecified atom stereocenters. The van der Waals surface area contributed by atoms with Crippen LogP contribution in [0.15, 0.2) is 27.6 Å². The molecule has 92 valence electrons. The number of benzene rings is 1. The highest BCUT2D eigenvalue weighted by Gasteiger charge is 2.26. The van der Waals surface area contributed by atoms with Crippen molar-refractivity contribution >= 4 is 39.3 Å². The largest absolute Gasteiger partial charge is 0.398 e. The van der Waals surface area contributed by atoms with Gasteiger partial charge < -0.3 is 11.1 Å². The molecule has 1 aromatic rings. The van der Waals surface area contributed by atoms with Crippen molar-refractivity contribution in [2.75, 3.05) is 5.73 Å². The molecule has 0 saturated heterocycles. The van der Waals surface area contributed by atoms with E-state index in [1.807, 2.05) is 25.1 Å². The summed E-state index contributed by atoms with van der Waals surface area (Å²) < 4.78 is 0.953. The van der Waals surface area contributed by atoms with Gasteiger partial charge in [0, 0.05) is 21.1 Å². The van der Waals surface area contributed by atoms with Gasteiger partial charge in [0.05, 0.1) is 5.25 Å². The highest BCUT2D eigenvalue weighted by molar-refractivity contribution is 9.10. The standard InChI is InChI=1S/C12H15BrN2OS/c1-7(12(16)15-9-3-4-9)17-11-5-2-8(13)6-10(11)14/h2,5-7,9H,3-4,14H2,1H3,(H,15,16). The predicted octanol–water partition coefficient (Wildman–Crippen LogP) is 2.79. The van der Waals surface area contributed by atoms with Crippen molar-refractivity contribution in [3.63, 3.8) is 0 Å². The monoisotopic (exact) mass is 314 g/mol. The number of hydrogen-bond acceptors (Lipinski definition) is 3. The number of carbonyl (C=O) groups excluding carboxylic acids is 1. The maximum atomic E-state index is 11.8. The lowest BCUT2D eigenvalue weighted by Gasteiger charge is -2.13. The molecule has 1 amide bonds. The molecule has 3 nitrogen and oxygen atoms in total. The van der Waals surface area contributed by atoms with E-state index in [-0.39, 0.29) is 11.2 Å². The molecule has 5 heteroatoms. The summed E-state index contributed by atoms with van der Waals surface area (Å²) in [4.78, 5) is 12.7. The number of nitrogens with two attached hydrogens (primary N) is 1. The molecule has 0 aliphatic heterocycles. The zero-order valence-electron chi connectivity index (χ0n) is 9.57. The van der Waals surface area contributed by atoms with Gasteiger partial charge in [0.2, 0.25) is 5.91 Å². The third-order valence-corrected chi connectivity index (χ3v) is 4.26. The fourth-order valence-electron chi connectivity index (χ4n) is 1.42. The molecule has 0 aromatic heterocycles. The Morgan fingerprint density at radius 3 is 2.88 bits per heavy atom. The number of nitrogen functional groups attached to an aromatic ring is 1. The van der Waals surface area contributed by atoms with Crippen LogP contribution in [-0.4, -0.2) is 17.2 Å². The molecule has 1 aromatic carbocycles. The molecule has 0 bridgehead atoms. The first-order valence-electron chi connectivity index (χ1n) is 5.58. The summed E-state index contributed by atoms with van der Waals surface area (Å²) in [5, 5.41) is 2.88. The van der Waals surface area contributed by atoms with Crippen molar-refractivity contribution in [2.45, 2.75) is 36.0 Å². The van der Waals surface area contributed by atoms with Crippen LogP contribution in [0.4, 0.5) is 5.69 Å². The number of nitrogens with one attached hydrogen (secondary N) is 1. The quantitative estimate of drug-likeness (QED) is 0.663. The highest BCUT2D eigenvalue weighted by Crippen LogP contribution is 2.31. The molecular formula is C12H15BrN2OS. The Morgan fingerprint density at radius 1 is 1.59 bits per heavy atom. The third-order valence-electron chi connectivity index (χ3n) is 2.57. The lowest BCUT2D eigenvalue weighted by molar-refractivity contribution is -0.120. The minimum atomic E-state index is -0.112. The van der Waals surface area contributed by atoms with E-state index in [9.17, 15) is 4.79 Å². The molecule has 1 aliphatic rings. The predicted molar refractivity (Wildman–Crippen MR) is 75.0 cm³/mol. The molecule has 1 fully saturated rings. The topological polar surface area (TPSA) is 55.1 Å². The first kappa shape index (κ1) is 12.8. The van der Waals surface area contributed by atoms with Crippen molar-refractivity contribution in [2.24, 2.45) is 0 Å². The number of carbonyl (C=O) groups is 1. The summed E-state index contributed by atoms with van der Waals surface area (Å²) in [6.45, 7) is 1.91. The molecular weight excluding hydrogens is 300 g/mol. The number of rotatable bonds is 4. The van der Waals surface area contributed by atoms with Gasteiger partial charge in [-0.25, -0.2) is 0 Å². The third kappa shape index (κ3) is 3.64. The summed E-state index contributed by atoms with van der Waals surface area (Å²) >= 11 is 4.86. The minimum Gasteiger partial charge on any atom is -0.398 e. The summed E-state index contributed by atoms with van der Waals surface area (Å²) in [6.07, 6.45) is 2.23. The van der Waals surface area contributed by atoms with Gasteiger partial charge in [0.25, 0.3) is 0 Å². The maximum absolute atomic E-state index is 11.8. The van der Waals surface area contributed by atoms with Gasteiger partial charge in [-0.2, -0.15) is 0 Å². The SMILES string of the molecule is CC(Sc1ccc(Br)cc1N)C(=O)NC1CC1. The zero-order valence-corrected chi connectivity index (χ0v) is 12.0. The van der Waals surface area contributed by atoms with Crippen LogP contribution in [0, 0.1) is 0 Å². The van der Waals surface area contributed by atoms with Crippen LogP contribution in [-0.2, 0) is 4.79 Å². The van der Waals surface area contributed by atoms with Crippen molar-refractivity contribution in [1.29, 1.82) is 0 Å². The normalized spacial score (nSPS) is 16.6. The summed E-state index contributed by atoms with van der Waals surface area (Å²) in [5.41, 5.74) is 6.61. The molecule has 0 radical (unpaired) electrons. The Balaban J connectivity index is 1.96. The van der Waals surface area contributed by atoms with Gasteiger partial charge in [0.1, 0.15) is 0 Å². The maximum Gasteiger partial charge on any atom is 0.233 e. The summed E-state index contributed by atoms with van der Waals surface area (Å²) in [5.74, 6) is 0.0971. The second-order valence-electron chi connectivity index (χ2n) is 4.23. The van der Waals surface area contributed by atoms with E-state index in [1.54, 1.807) is 0 Å². The van der Waals surface area contributed by atoms with Crippen molar-refractivity contribution in [3.8, 4) is 0 Å². The molecule has 2 rings (SSSR count). The number of thioether (sulfide) groups is 1. The van der Waals surface area contributed by atoms with Crippen molar-refractivity contribution in [3.05, 3.63) is 22.7 Å². The molecule has 0 heterocycles. The zero-order chi connectivity index (χ0) is 12.4. The number of amides is 1. The number of hydrogen-bond donors (Lipinski definition) is 2. The first-order valence-corrected chi connectivity index (χ1v) is 7.25. The molecule has 1 aliphatic carbocycles. The smallest absolute Gasteiger partial charge is 0.233 e. The van der Waals surface area contributed by atoms with E-state index < -0.39 is 0 Å². The average molecular weight is 315 g/mol. The minimum absolute atomic E-state index is 0.0971. The Bertz CT molecular complexity index is 435. The highest BCUT2D eigenvalue weighted by atomic mass is 79.9. The van der Waals surface area contributed by atoms with Gasteiger partial charge in [0.15, 0.2) is 0 Å². The van der Waals surface area contributed by atoms with Crippen LogP contribution in [0.25, 0.3) is 0 Å². The number of anilines is 1. The fourth-order valence-corrected chi connectivity index (χ4v) is 2.69. The van der Waals surface area contributed by atoms with Gasteiger partial charge in [-0.1, -0.05) is 15.9 Å². The number of halogens is 1. The van der Waals surface area contributed by atoms with Gasteiger partial charge in [-0.3, -0.25) is 4.79 Å². The molecule has 1 saturated carbocycles. The molecule has 1 atom stereocenters. The molecule has 0 spiro atoms. The summed E-state index contributed by atoms with van der Waals surface area (Å²) in [7, 11) is 0. The van der Waals surface area contributed by atoms with Gasteiger partial charge >= 0.3 is 0 Å². The lowest BCUT2D eigenvalue weighted by Crippen LogP contribution is -2.32. The van der Waals surface area contributed by atoms with Gasteiger partial charge in [-0.05, 0) is 38.0 Å². The van der Waals surface area contributed by atoms with E-state index in [1.165, 1.54) is 11.8 Å². The van der Waals surface area contributed by atoms with E-state index in [2.05, 4.69) is 21.2 Å². The van der Waals surface area contributed by atoms with Crippen molar-refractivity contribution < 1.29 is 4.79 Å². The van der Waals surface area contributed by atoms with E-state index in [0.717, 1.165) is 22.2 Å². The Morgan fingerprint density at radius 2 is 2.29 bits per heavy atom. The molecule has 3 N–H and O–H groups in total. The first-order chi connectivity index (χ1) is 8.06. The van der Waals surface area contributed by atoms with Crippen LogP contribution in [0.3, 0.4) is 0 Å². The average Bonchev–Trinajstić information content (AvgIpc) is 3.06.